The quantitative estimate of drug-likeness (QED) is 0.860. The normalized spacial score (nSPS) is 27.5. The van der Waals surface area contributed by atoms with E-state index in [1.54, 1.807) is 4.90 Å². The van der Waals surface area contributed by atoms with E-state index in [2.05, 4.69) is 17.4 Å². The van der Waals surface area contributed by atoms with Crippen LogP contribution in [0.1, 0.15) is 38.7 Å². The first-order valence-electron chi connectivity index (χ1n) is 8.64. The summed E-state index contributed by atoms with van der Waals surface area (Å²) in [6, 6.07) is 10.3. The number of benzene rings is 1. The third-order valence-electron chi connectivity index (χ3n) is 4.77. The van der Waals surface area contributed by atoms with Crippen molar-refractivity contribution in [1.29, 1.82) is 0 Å². The summed E-state index contributed by atoms with van der Waals surface area (Å²) in [5.41, 5.74) is 0.643. The van der Waals surface area contributed by atoms with Crippen molar-refractivity contribution in [2.24, 2.45) is 5.92 Å². The Morgan fingerprint density at radius 3 is 2.62 bits per heavy atom. The first-order valence-corrected chi connectivity index (χ1v) is 8.64. The summed E-state index contributed by atoms with van der Waals surface area (Å²) in [6.45, 7) is 7.03. The van der Waals surface area contributed by atoms with E-state index < -0.39 is 11.7 Å². The van der Waals surface area contributed by atoms with Crippen molar-refractivity contribution in [1.82, 2.24) is 10.2 Å². The SMILES string of the molecule is CC(C)(C)OC(=O)N1CC[C@@H]2NC[C@@H](c3ccccc3)[C@H]2C(=O)C1. The summed E-state index contributed by atoms with van der Waals surface area (Å²) in [5, 5.41) is 3.49. The number of likely N-dealkylation sites (tertiary alicyclic amines) is 1. The zero-order valence-corrected chi connectivity index (χ0v) is 14.6. The van der Waals surface area contributed by atoms with Crippen molar-refractivity contribution in [3.05, 3.63) is 35.9 Å². The van der Waals surface area contributed by atoms with Gasteiger partial charge in [0.1, 0.15) is 5.60 Å². The summed E-state index contributed by atoms with van der Waals surface area (Å²) in [4.78, 5) is 26.7. The molecule has 0 spiro atoms. The van der Waals surface area contributed by atoms with Crippen molar-refractivity contribution in [2.45, 2.75) is 44.8 Å². The van der Waals surface area contributed by atoms with Gasteiger partial charge in [0.25, 0.3) is 0 Å². The molecule has 0 saturated carbocycles. The van der Waals surface area contributed by atoms with E-state index in [4.69, 9.17) is 4.74 Å². The molecule has 5 heteroatoms. The second-order valence-electron chi connectivity index (χ2n) is 7.71. The molecule has 2 heterocycles. The highest BCUT2D eigenvalue weighted by molar-refractivity contribution is 5.88. The van der Waals surface area contributed by atoms with Crippen LogP contribution in [0, 0.1) is 5.92 Å². The summed E-state index contributed by atoms with van der Waals surface area (Å²) in [5.74, 6) is 0.240. The molecule has 0 radical (unpaired) electrons. The van der Waals surface area contributed by atoms with Gasteiger partial charge in [0, 0.05) is 31.0 Å². The second kappa shape index (κ2) is 6.55. The van der Waals surface area contributed by atoms with E-state index in [-0.39, 0.29) is 30.2 Å². The molecule has 2 fully saturated rings. The standard InChI is InChI=1S/C19H26N2O3/c1-19(2,3)24-18(23)21-10-9-15-17(16(22)12-21)14(11-20-15)13-7-5-4-6-8-13/h4-8,14-15,17,20H,9-12H2,1-3H3/t14-,15-,17+/m0/s1. The third kappa shape index (κ3) is 3.61. The number of fused-ring (bicyclic) bond motifs is 1. The van der Waals surface area contributed by atoms with Crippen LogP contribution in [0.2, 0.25) is 0 Å². The molecule has 0 aromatic heterocycles. The van der Waals surface area contributed by atoms with Gasteiger partial charge in [-0.2, -0.15) is 0 Å². The lowest BCUT2D eigenvalue weighted by atomic mass is 9.82. The van der Waals surface area contributed by atoms with Gasteiger partial charge in [-0.15, -0.1) is 0 Å². The molecule has 1 aromatic rings. The fraction of sp³-hybridized carbons (Fsp3) is 0.579. The zero-order chi connectivity index (χ0) is 17.3. The Kier molecular flexibility index (Phi) is 4.63. The van der Waals surface area contributed by atoms with Gasteiger partial charge in [-0.1, -0.05) is 30.3 Å². The molecule has 3 atom stereocenters. The van der Waals surface area contributed by atoms with Crippen LogP contribution < -0.4 is 5.32 Å². The lowest BCUT2D eigenvalue weighted by molar-refractivity contribution is -0.123. The van der Waals surface area contributed by atoms with Crippen LogP contribution in [-0.2, 0) is 9.53 Å². The average Bonchev–Trinajstić information content (AvgIpc) is 2.87. The van der Waals surface area contributed by atoms with Gasteiger partial charge >= 0.3 is 6.09 Å². The Bertz CT molecular complexity index is 609. The second-order valence-corrected chi connectivity index (χ2v) is 7.71. The zero-order valence-electron chi connectivity index (χ0n) is 14.6. The Morgan fingerprint density at radius 1 is 1.25 bits per heavy atom. The Morgan fingerprint density at radius 2 is 1.96 bits per heavy atom. The van der Waals surface area contributed by atoms with Gasteiger partial charge in [-0.25, -0.2) is 4.79 Å². The monoisotopic (exact) mass is 330 g/mol. The number of nitrogens with zero attached hydrogens (tertiary/aromatic N) is 1. The van der Waals surface area contributed by atoms with Gasteiger partial charge in [-0.05, 0) is 32.8 Å². The number of carbonyl (C=O) groups is 2. The molecule has 2 saturated heterocycles. The van der Waals surface area contributed by atoms with E-state index in [0.717, 1.165) is 13.0 Å². The first-order chi connectivity index (χ1) is 11.3. The van der Waals surface area contributed by atoms with E-state index in [9.17, 15) is 9.59 Å². The lowest BCUT2D eigenvalue weighted by Gasteiger charge is -2.26. The fourth-order valence-corrected chi connectivity index (χ4v) is 3.72. The summed E-state index contributed by atoms with van der Waals surface area (Å²) in [7, 11) is 0. The van der Waals surface area contributed by atoms with Crippen LogP contribution in [0.15, 0.2) is 30.3 Å². The predicted molar refractivity (Wildman–Crippen MR) is 91.9 cm³/mol. The topological polar surface area (TPSA) is 58.6 Å². The van der Waals surface area contributed by atoms with Crippen molar-refractivity contribution in [2.75, 3.05) is 19.6 Å². The number of rotatable bonds is 1. The molecule has 130 valence electrons. The van der Waals surface area contributed by atoms with Crippen molar-refractivity contribution < 1.29 is 14.3 Å². The number of ketones is 1. The number of hydrogen-bond acceptors (Lipinski definition) is 4. The molecule has 3 rings (SSSR count). The first kappa shape index (κ1) is 17.0. The van der Waals surface area contributed by atoms with E-state index in [0.29, 0.717) is 6.54 Å². The van der Waals surface area contributed by atoms with Crippen LogP contribution in [-0.4, -0.2) is 48.1 Å². The average molecular weight is 330 g/mol. The molecule has 5 nitrogen and oxygen atoms in total. The molecule has 0 unspecified atom stereocenters. The van der Waals surface area contributed by atoms with Crippen molar-refractivity contribution in [3.63, 3.8) is 0 Å². The van der Waals surface area contributed by atoms with Crippen LogP contribution in [0.25, 0.3) is 0 Å². The Labute approximate surface area is 143 Å². The predicted octanol–water partition coefficient (Wildman–Crippen LogP) is 2.57. The molecule has 2 aliphatic heterocycles. The number of ether oxygens (including phenoxy) is 1. The maximum absolute atomic E-state index is 12.9. The minimum absolute atomic E-state index is 0.0696. The maximum Gasteiger partial charge on any atom is 0.410 e. The summed E-state index contributed by atoms with van der Waals surface area (Å²) in [6.07, 6.45) is 0.381. The molecule has 1 N–H and O–H groups in total. The molecule has 24 heavy (non-hydrogen) atoms. The van der Waals surface area contributed by atoms with Crippen LogP contribution in [0.5, 0.6) is 0 Å². The Hall–Kier alpha value is -1.88. The fourth-order valence-electron chi connectivity index (χ4n) is 3.72. The highest BCUT2D eigenvalue weighted by atomic mass is 16.6. The van der Waals surface area contributed by atoms with Gasteiger partial charge in [-0.3, -0.25) is 4.79 Å². The largest absolute Gasteiger partial charge is 0.444 e. The number of carbonyl (C=O) groups excluding carboxylic acids is 2. The Balaban J connectivity index is 1.74. The number of Topliss-reactive ketones (excluding diaryl/α,β-unsaturated/α-hetero) is 1. The minimum Gasteiger partial charge on any atom is -0.444 e. The molecular weight excluding hydrogens is 304 g/mol. The molecule has 0 bridgehead atoms. The van der Waals surface area contributed by atoms with Crippen molar-refractivity contribution >= 4 is 11.9 Å². The molecule has 2 aliphatic rings. The minimum atomic E-state index is -0.548. The number of hydrogen-bond donors (Lipinski definition) is 1. The smallest absolute Gasteiger partial charge is 0.410 e. The summed E-state index contributed by atoms with van der Waals surface area (Å²) >= 11 is 0. The van der Waals surface area contributed by atoms with Crippen LogP contribution in [0.3, 0.4) is 0 Å². The lowest BCUT2D eigenvalue weighted by Crippen LogP contribution is -2.40. The number of amides is 1. The van der Waals surface area contributed by atoms with Gasteiger partial charge in [0.15, 0.2) is 5.78 Å². The molecular formula is C19H26N2O3. The van der Waals surface area contributed by atoms with Gasteiger partial charge in [0.05, 0.1) is 6.54 Å². The van der Waals surface area contributed by atoms with E-state index in [1.807, 2.05) is 39.0 Å². The van der Waals surface area contributed by atoms with E-state index in [1.165, 1.54) is 5.56 Å². The third-order valence-corrected chi connectivity index (χ3v) is 4.77. The highest BCUT2D eigenvalue weighted by Crippen LogP contribution is 2.35. The maximum atomic E-state index is 12.9. The van der Waals surface area contributed by atoms with Crippen LogP contribution in [0.4, 0.5) is 4.79 Å². The molecule has 0 aliphatic carbocycles. The van der Waals surface area contributed by atoms with Gasteiger partial charge in [0.2, 0.25) is 0 Å². The van der Waals surface area contributed by atoms with E-state index >= 15 is 0 Å². The summed E-state index contributed by atoms with van der Waals surface area (Å²) < 4.78 is 5.43. The van der Waals surface area contributed by atoms with Crippen LogP contribution >= 0.6 is 0 Å². The van der Waals surface area contributed by atoms with Gasteiger partial charge < -0.3 is 15.0 Å². The molecule has 1 aromatic carbocycles. The molecule has 1 amide bonds. The highest BCUT2D eigenvalue weighted by Gasteiger charge is 2.44. The number of nitrogens with one attached hydrogen (secondary N) is 1. The van der Waals surface area contributed by atoms with Crippen molar-refractivity contribution in [3.8, 4) is 0 Å².